The first kappa shape index (κ1) is 23.3. The molecule has 29 heavy (non-hydrogen) atoms. The predicted molar refractivity (Wildman–Crippen MR) is 116 cm³/mol. The number of fused-ring (bicyclic) bond motifs is 1. The van der Waals surface area contributed by atoms with Crippen molar-refractivity contribution >= 4 is 24.2 Å². The fourth-order valence-corrected chi connectivity index (χ4v) is 5.16. The second-order valence-electron chi connectivity index (χ2n) is 9.90. The lowest BCUT2D eigenvalue weighted by atomic mass is 9.97. The lowest BCUT2D eigenvalue weighted by Crippen LogP contribution is -2.49. The SMILES string of the molecule is CC1(C)O[C@H]2O[C@H]([C@H](O)C(O[Si](C)(C)C(C)(C)C)c3cccc(Br)c3)[C@H](O)[C@H]2O1. The summed E-state index contributed by atoms with van der Waals surface area (Å²) in [6.45, 7) is 14.3. The third kappa shape index (κ3) is 4.80. The zero-order chi connectivity index (χ0) is 21.8. The van der Waals surface area contributed by atoms with Gasteiger partial charge in [-0.25, -0.2) is 0 Å². The van der Waals surface area contributed by atoms with E-state index in [1.54, 1.807) is 13.8 Å². The Kier molecular flexibility index (Phi) is 6.42. The first-order chi connectivity index (χ1) is 13.2. The number of hydrogen-bond acceptors (Lipinski definition) is 6. The van der Waals surface area contributed by atoms with Crippen molar-refractivity contribution in [1.82, 2.24) is 0 Å². The highest BCUT2D eigenvalue weighted by molar-refractivity contribution is 9.10. The highest BCUT2D eigenvalue weighted by Crippen LogP contribution is 2.44. The van der Waals surface area contributed by atoms with Gasteiger partial charge in [0.15, 0.2) is 20.4 Å². The minimum Gasteiger partial charge on any atom is -0.407 e. The highest BCUT2D eigenvalue weighted by Gasteiger charge is 2.57. The van der Waals surface area contributed by atoms with Crippen LogP contribution in [0.25, 0.3) is 0 Å². The van der Waals surface area contributed by atoms with E-state index in [0.717, 1.165) is 10.0 Å². The minimum absolute atomic E-state index is 0.0428. The van der Waals surface area contributed by atoms with Gasteiger partial charge < -0.3 is 28.8 Å². The molecule has 2 N–H and O–H groups in total. The molecule has 0 radical (unpaired) electrons. The molecule has 2 heterocycles. The van der Waals surface area contributed by atoms with Crippen LogP contribution in [0.4, 0.5) is 0 Å². The van der Waals surface area contributed by atoms with Gasteiger partial charge in [0.2, 0.25) is 0 Å². The average Bonchev–Trinajstić information content (AvgIpc) is 3.04. The largest absolute Gasteiger partial charge is 0.407 e. The molecule has 8 heteroatoms. The first-order valence-corrected chi connectivity index (χ1v) is 13.7. The fourth-order valence-electron chi connectivity index (χ4n) is 3.48. The van der Waals surface area contributed by atoms with Crippen molar-refractivity contribution in [2.24, 2.45) is 0 Å². The molecule has 2 fully saturated rings. The van der Waals surface area contributed by atoms with Crippen molar-refractivity contribution in [1.29, 1.82) is 0 Å². The molecule has 0 spiro atoms. The summed E-state index contributed by atoms with van der Waals surface area (Å²) in [4.78, 5) is 0. The van der Waals surface area contributed by atoms with Gasteiger partial charge in [-0.15, -0.1) is 0 Å². The van der Waals surface area contributed by atoms with Crippen LogP contribution in [0.1, 0.15) is 46.3 Å². The molecular weight excluding hydrogens is 456 g/mol. The summed E-state index contributed by atoms with van der Waals surface area (Å²) in [5.74, 6) is -0.826. The van der Waals surface area contributed by atoms with Crippen LogP contribution in [-0.2, 0) is 18.6 Å². The standard InChI is InChI=1S/C21H33BrO6Si/c1-20(2,3)29(6,7)28-16(12-9-8-10-13(22)11-12)14(23)17-15(24)18-19(25-17)27-21(4,5)26-18/h8-11,14-19,23-24H,1-7H3/t14-,15+,16?,17-,18-,19-/m1/s1. The topological polar surface area (TPSA) is 77.4 Å². The van der Waals surface area contributed by atoms with Crippen molar-refractivity contribution in [3.8, 4) is 0 Å². The van der Waals surface area contributed by atoms with E-state index in [-0.39, 0.29) is 5.04 Å². The Bertz CT molecular complexity index is 734. The van der Waals surface area contributed by atoms with Gasteiger partial charge in [-0.1, -0.05) is 48.8 Å². The molecule has 164 valence electrons. The molecule has 0 bridgehead atoms. The maximum atomic E-state index is 11.3. The van der Waals surface area contributed by atoms with E-state index < -0.39 is 50.9 Å². The Hall–Kier alpha value is -0.323. The average molecular weight is 489 g/mol. The highest BCUT2D eigenvalue weighted by atomic mass is 79.9. The second-order valence-corrected chi connectivity index (χ2v) is 15.6. The molecule has 1 aromatic carbocycles. The molecule has 2 aliphatic heterocycles. The summed E-state index contributed by atoms with van der Waals surface area (Å²) in [5, 5.41) is 22.1. The van der Waals surface area contributed by atoms with E-state index in [1.807, 2.05) is 24.3 Å². The lowest BCUT2D eigenvalue weighted by molar-refractivity contribution is -0.231. The van der Waals surface area contributed by atoms with Crippen LogP contribution in [0.15, 0.2) is 28.7 Å². The van der Waals surface area contributed by atoms with Gasteiger partial charge in [-0.2, -0.15) is 0 Å². The molecule has 2 saturated heterocycles. The summed E-state index contributed by atoms with van der Waals surface area (Å²) < 4.78 is 24.9. The maximum Gasteiger partial charge on any atom is 0.193 e. The Morgan fingerprint density at radius 2 is 1.86 bits per heavy atom. The van der Waals surface area contributed by atoms with Gasteiger partial charge in [0.1, 0.15) is 24.4 Å². The molecular formula is C21H33BrO6Si. The van der Waals surface area contributed by atoms with Crippen LogP contribution in [0.5, 0.6) is 0 Å². The van der Waals surface area contributed by atoms with Crippen molar-refractivity contribution < 1.29 is 28.8 Å². The molecule has 1 unspecified atom stereocenters. The summed E-state index contributed by atoms with van der Waals surface area (Å²) in [6.07, 6.45) is -4.99. The van der Waals surface area contributed by atoms with Crippen LogP contribution < -0.4 is 0 Å². The zero-order valence-electron chi connectivity index (χ0n) is 18.2. The molecule has 6 atom stereocenters. The predicted octanol–water partition coefficient (Wildman–Crippen LogP) is 4.11. The summed E-state index contributed by atoms with van der Waals surface area (Å²) in [6, 6.07) is 7.68. The number of halogens is 1. The van der Waals surface area contributed by atoms with Gasteiger partial charge >= 0.3 is 0 Å². The molecule has 0 saturated carbocycles. The molecule has 0 aromatic heterocycles. The van der Waals surface area contributed by atoms with Gasteiger partial charge in [0.05, 0.1) is 6.10 Å². The number of benzene rings is 1. The molecule has 0 aliphatic carbocycles. The zero-order valence-corrected chi connectivity index (χ0v) is 20.8. The quantitative estimate of drug-likeness (QED) is 0.607. The summed E-state index contributed by atoms with van der Waals surface area (Å²) >= 11 is 3.50. The third-order valence-corrected chi connectivity index (χ3v) is 11.1. The normalized spacial score (nSPS) is 31.5. The summed E-state index contributed by atoms with van der Waals surface area (Å²) in [7, 11) is -2.23. The Labute approximate surface area is 182 Å². The van der Waals surface area contributed by atoms with Crippen molar-refractivity contribution in [3.63, 3.8) is 0 Å². The van der Waals surface area contributed by atoms with E-state index in [0.29, 0.717) is 0 Å². The minimum atomic E-state index is -2.23. The van der Waals surface area contributed by atoms with Crippen molar-refractivity contribution in [2.75, 3.05) is 0 Å². The first-order valence-electron chi connectivity index (χ1n) is 10.0. The lowest BCUT2D eigenvalue weighted by Gasteiger charge is -2.41. The summed E-state index contributed by atoms with van der Waals surface area (Å²) in [5.41, 5.74) is 0.826. The Morgan fingerprint density at radius 1 is 1.21 bits per heavy atom. The molecule has 6 nitrogen and oxygen atoms in total. The van der Waals surface area contributed by atoms with E-state index in [2.05, 4.69) is 49.8 Å². The van der Waals surface area contributed by atoms with Crippen LogP contribution in [0, 0.1) is 0 Å². The molecule has 2 aliphatic rings. The molecule has 3 rings (SSSR count). The second kappa shape index (κ2) is 7.98. The van der Waals surface area contributed by atoms with E-state index in [4.69, 9.17) is 18.6 Å². The third-order valence-electron chi connectivity index (χ3n) is 6.10. The van der Waals surface area contributed by atoms with E-state index >= 15 is 0 Å². The van der Waals surface area contributed by atoms with Gasteiger partial charge in [0.25, 0.3) is 0 Å². The number of rotatable bonds is 5. The number of aliphatic hydroxyl groups is 2. The molecule has 1 aromatic rings. The monoisotopic (exact) mass is 488 g/mol. The van der Waals surface area contributed by atoms with Crippen molar-refractivity contribution in [3.05, 3.63) is 34.3 Å². The fraction of sp³-hybridized carbons (Fsp3) is 0.714. The van der Waals surface area contributed by atoms with Gasteiger partial charge in [0, 0.05) is 4.47 Å². The number of ether oxygens (including phenoxy) is 3. The smallest absolute Gasteiger partial charge is 0.193 e. The van der Waals surface area contributed by atoms with Crippen LogP contribution in [0.2, 0.25) is 18.1 Å². The van der Waals surface area contributed by atoms with Crippen LogP contribution in [-0.4, -0.2) is 55.0 Å². The van der Waals surface area contributed by atoms with Crippen molar-refractivity contribution in [2.45, 2.75) is 95.3 Å². The Balaban J connectivity index is 1.88. The maximum absolute atomic E-state index is 11.3. The van der Waals surface area contributed by atoms with Gasteiger partial charge in [-0.05, 0) is 49.7 Å². The Morgan fingerprint density at radius 3 is 2.41 bits per heavy atom. The number of hydrogen-bond donors (Lipinski definition) is 2. The van der Waals surface area contributed by atoms with E-state index in [9.17, 15) is 10.2 Å². The van der Waals surface area contributed by atoms with Crippen LogP contribution >= 0.6 is 15.9 Å². The number of aliphatic hydroxyl groups excluding tert-OH is 2. The molecule has 0 amide bonds. The van der Waals surface area contributed by atoms with E-state index in [1.165, 1.54) is 0 Å². The van der Waals surface area contributed by atoms with Gasteiger partial charge in [-0.3, -0.25) is 0 Å². The van der Waals surface area contributed by atoms with Crippen LogP contribution in [0.3, 0.4) is 0 Å².